The Hall–Kier alpha value is -1.06. The van der Waals surface area contributed by atoms with Crippen LogP contribution in [0.5, 0.6) is 5.75 Å². The van der Waals surface area contributed by atoms with Gasteiger partial charge in [-0.1, -0.05) is 78.9 Å². The summed E-state index contributed by atoms with van der Waals surface area (Å²) in [6, 6.07) is 6.73. The van der Waals surface area contributed by atoms with Crippen molar-refractivity contribution in [1.29, 1.82) is 0 Å². The van der Waals surface area contributed by atoms with Crippen LogP contribution in [0.4, 0.5) is 0 Å². The first-order valence-corrected chi connectivity index (χ1v) is 12.2. The van der Waals surface area contributed by atoms with Gasteiger partial charge in [-0.3, -0.25) is 0 Å². The van der Waals surface area contributed by atoms with Gasteiger partial charge >= 0.3 is 0 Å². The molecule has 1 saturated heterocycles. The fourth-order valence-electron chi connectivity index (χ4n) is 5.48. The van der Waals surface area contributed by atoms with Crippen molar-refractivity contribution in [2.75, 3.05) is 13.2 Å². The number of aryl methyl sites for hydroxylation is 1. The molecule has 2 atom stereocenters. The predicted molar refractivity (Wildman–Crippen MR) is 126 cm³/mol. The summed E-state index contributed by atoms with van der Waals surface area (Å²) in [5.74, 6) is 1.79. The molecule has 0 amide bonds. The third kappa shape index (κ3) is 5.40. The lowest BCUT2D eigenvalue weighted by atomic mass is 9.57. The predicted octanol–water partition coefficient (Wildman–Crippen LogP) is 6.97. The van der Waals surface area contributed by atoms with E-state index >= 15 is 0 Å². The minimum absolute atomic E-state index is 0.0245. The Morgan fingerprint density at radius 3 is 2.37 bits per heavy atom. The standard InChI is InChI=1S/C27H45NO2/c1-20-17-23(27(18-25(3,4)5)26(6,7)19-28-27)13-14-24(20)30-21(2)29-16-15-22-11-9-8-10-12-22/h13-14,17,21-22,28H,8-12,15-16,18-19H2,1-7H3. The summed E-state index contributed by atoms with van der Waals surface area (Å²) in [5, 5.41) is 3.80. The Labute approximate surface area is 185 Å². The Bertz CT molecular complexity index is 699. The molecule has 2 unspecified atom stereocenters. The number of rotatable bonds is 8. The zero-order chi connectivity index (χ0) is 22.0. The van der Waals surface area contributed by atoms with Crippen LogP contribution in [0.3, 0.4) is 0 Å². The molecule has 2 aliphatic rings. The molecule has 1 aromatic carbocycles. The zero-order valence-corrected chi connectivity index (χ0v) is 20.6. The van der Waals surface area contributed by atoms with Gasteiger partial charge in [-0.15, -0.1) is 0 Å². The van der Waals surface area contributed by atoms with Crippen molar-refractivity contribution in [3.63, 3.8) is 0 Å². The summed E-state index contributed by atoms with van der Waals surface area (Å²) >= 11 is 0. The van der Waals surface area contributed by atoms with Crippen LogP contribution in [0.15, 0.2) is 18.2 Å². The van der Waals surface area contributed by atoms with Gasteiger partial charge in [-0.2, -0.15) is 0 Å². The van der Waals surface area contributed by atoms with E-state index in [9.17, 15) is 0 Å². The smallest absolute Gasteiger partial charge is 0.196 e. The Morgan fingerprint density at radius 1 is 1.13 bits per heavy atom. The zero-order valence-electron chi connectivity index (χ0n) is 20.6. The van der Waals surface area contributed by atoms with E-state index in [4.69, 9.17) is 9.47 Å². The molecule has 0 radical (unpaired) electrons. The van der Waals surface area contributed by atoms with Crippen molar-refractivity contribution in [2.45, 2.75) is 105 Å². The Balaban J connectivity index is 1.61. The molecular formula is C27H45NO2. The first-order valence-electron chi connectivity index (χ1n) is 12.2. The molecule has 0 spiro atoms. The second kappa shape index (κ2) is 9.20. The highest BCUT2D eigenvalue weighted by atomic mass is 16.7. The lowest BCUT2D eigenvalue weighted by Crippen LogP contribution is -2.69. The van der Waals surface area contributed by atoms with E-state index in [2.05, 4.69) is 65.1 Å². The SMILES string of the molecule is Cc1cc(C2(CC(C)(C)C)NCC2(C)C)ccc1OC(C)OCCC1CCCCC1. The first-order chi connectivity index (χ1) is 14.0. The summed E-state index contributed by atoms with van der Waals surface area (Å²) in [5.41, 5.74) is 3.09. The molecule has 1 N–H and O–H groups in total. The van der Waals surface area contributed by atoms with E-state index < -0.39 is 0 Å². The number of nitrogens with one attached hydrogen (secondary N) is 1. The van der Waals surface area contributed by atoms with Crippen molar-refractivity contribution >= 4 is 0 Å². The molecule has 3 heteroatoms. The van der Waals surface area contributed by atoms with Gasteiger partial charge in [0.1, 0.15) is 5.75 Å². The molecule has 30 heavy (non-hydrogen) atoms. The first kappa shape index (κ1) is 23.6. The van der Waals surface area contributed by atoms with Crippen LogP contribution >= 0.6 is 0 Å². The van der Waals surface area contributed by atoms with E-state index in [-0.39, 0.29) is 22.7 Å². The van der Waals surface area contributed by atoms with Crippen LogP contribution < -0.4 is 10.1 Å². The number of ether oxygens (including phenoxy) is 2. The third-order valence-corrected chi connectivity index (χ3v) is 7.35. The maximum Gasteiger partial charge on any atom is 0.196 e. The molecule has 3 rings (SSSR count). The fourth-order valence-corrected chi connectivity index (χ4v) is 5.48. The van der Waals surface area contributed by atoms with Crippen LogP contribution in [-0.4, -0.2) is 19.4 Å². The molecule has 170 valence electrons. The molecule has 1 heterocycles. The maximum atomic E-state index is 6.16. The Morgan fingerprint density at radius 2 is 1.83 bits per heavy atom. The summed E-state index contributed by atoms with van der Waals surface area (Å²) < 4.78 is 12.2. The fraction of sp³-hybridized carbons (Fsp3) is 0.778. The van der Waals surface area contributed by atoms with Crippen molar-refractivity contribution in [1.82, 2.24) is 5.32 Å². The quantitative estimate of drug-likeness (QED) is 0.465. The molecule has 0 aromatic heterocycles. The lowest BCUT2D eigenvalue weighted by molar-refractivity contribution is -0.0715. The van der Waals surface area contributed by atoms with Crippen molar-refractivity contribution in [2.24, 2.45) is 16.7 Å². The Kier molecular flexibility index (Phi) is 7.24. The summed E-state index contributed by atoms with van der Waals surface area (Å²) in [6.45, 7) is 17.8. The van der Waals surface area contributed by atoms with Crippen LogP contribution in [0.2, 0.25) is 0 Å². The van der Waals surface area contributed by atoms with E-state index in [0.29, 0.717) is 0 Å². The number of hydrogen-bond acceptors (Lipinski definition) is 3. The van der Waals surface area contributed by atoms with Gasteiger partial charge in [0.2, 0.25) is 0 Å². The topological polar surface area (TPSA) is 30.5 Å². The van der Waals surface area contributed by atoms with E-state index in [1.807, 2.05) is 6.92 Å². The summed E-state index contributed by atoms with van der Waals surface area (Å²) in [4.78, 5) is 0. The second-order valence-corrected chi connectivity index (χ2v) is 11.7. The van der Waals surface area contributed by atoms with Crippen LogP contribution in [0.1, 0.15) is 97.6 Å². The van der Waals surface area contributed by atoms with Gasteiger partial charge in [-0.05, 0) is 60.6 Å². The number of hydrogen-bond donors (Lipinski definition) is 1. The van der Waals surface area contributed by atoms with Gasteiger partial charge in [-0.25, -0.2) is 0 Å². The van der Waals surface area contributed by atoms with Gasteiger partial charge < -0.3 is 14.8 Å². The minimum atomic E-state index is -0.208. The van der Waals surface area contributed by atoms with Crippen LogP contribution in [-0.2, 0) is 10.3 Å². The van der Waals surface area contributed by atoms with Gasteiger partial charge in [0.15, 0.2) is 6.29 Å². The molecule has 3 nitrogen and oxygen atoms in total. The van der Waals surface area contributed by atoms with Crippen molar-refractivity contribution in [3.05, 3.63) is 29.3 Å². The molecular weight excluding hydrogens is 370 g/mol. The lowest BCUT2D eigenvalue weighted by Gasteiger charge is -2.60. The highest BCUT2D eigenvalue weighted by molar-refractivity contribution is 5.42. The van der Waals surface area contributed by atoms with Crippen LogP contribution in [0.25, 0.3) is 0 Å². The number of benzene rings is 1. The molecule has 1 saturated carbocycles. The normalized spacial score (nSPS) is 25.6. The van der Waals surface area contributed by atoms with Crippen molar-refractivity contribution < 1.29 is 9.47 Å². The molecule has 0 bridgehead atoms. The maximum absolute atomic E-state index is 6.16. The van der Waals surface area contributed by atoms with E-state index in [1.165, 1.54) is 49.7 Å². The molecule has 1 aliphatic heterocycles. The second-order valence-electron chi connectivity index (χ2n) is 11.7. The average Bonchev–Trinajstić information content (AvgIpc) is 2.67. The summed E-state index contributed by atoms with van der Waals surface area (Å²) in [7, 11) is 0. The highest BCUT2D eigenvalue weighted by Crippen LogP contribution is 2.52. The molecule has 1 aromatic rings. The monoisotopic (exact) mass is 415 g/mol. The minimum Gasteiger partial charge on any atom is -0.465 e. The van der Waals surface area contributed by atoms with Gasteiger partial charge in [0, 0.05) is 6.54 Å². The third-order valence-electron chi connectivity index (χ3n) is 7.35. The summed E-state index contributed by atoms with van der Waals surface area (Å²) in [6.07, 6.45) is 9.03. The van der Waals surface area contributed by atoms with E-state index in [0.717, 1.165) is 31.2 Å². The van der Waals surface area contributed by atoms with Gasteiger partial charge in [0.25, 0.3) is 0 Å². The van der Waals surface area contributed by atoms with Gasteiger partial charge in [0.05, 0.1) is 12.1 Å². The molecule has 1 aliphatic carbocycles. The van der Waals surface area contributed by atoms with Crippen molar-refractivity contribution in [3.8, 4) is 5.75 Å². The molecule has 2 fully saturated rings. The van der Waals surface area contributed by atoms with Crippen LogP contribution in [0, 0.1) is 23.7 Å². The van der Waals surface area contributed by atoms with E-state index in [1.54, 1.807) is 0 Å². The largest absolute Gasteiger partial charge is 0.465 e. The average molecular weight is 416 g/mol. The highest BCUT2D eigenvalue weighted by Gasteiger charge is 2.55.